The van der Waals surface area contributed by atoms with E-state index in [9.17, 15) is 74.4 Å². The molecule has 0 radical (unpaired) electrons. The van der Waals surface area contributed by atoms with Gasteiger partial charge in [0.05, 0.1) is 56.9 Å². The Hall–Kier alpha value is -5.17. The number of rotatable bonds is 29. The van der Waals surface area contributed by atoms with E-state index in [0.717, 1.165) is 55.2 Å². The second-order valence-electron chi connectivity index (χ2n) is 22.5. The zero-order chi connectivity index (χ0) is 61.3. The Bertz CT molecular complexity index is 2180. The Morgan fingerprint density at radius 1 is 0.699 bits per heavy atom. The number of nitrogens with one attached hydrogen (secondary N) is 6. The number of aliphatic hydroxyl groups excluding tert-OH is 7. The molecule has 18 N–H and O–H groups in total. The molecule has 3 fully saturated rings. The average Bonchev–Trinajstić information content (AvgIpc) is 3.58. The lowest BCUT2D eigenvalue weighted by atomic mass is 9.91. The van der Waals surface area contributed by atoms with Gasteiger partial charge in [-0.1, -0.05) is 77.8 Å². The molecule has 3 saturated heterocycles. The third-order valence-electron chi connectivity index (χ3n) is 15.6. The van der Waals surface area contributed by atoms with Crippen molar-refractivity contribution >= 4 is 41.4 Å². The molecule has 27 heteroatoms. The maximum absolute atomic E-state index is 14.7. The monoisotopic (exact) mass is 1180 g/mol. The molecule has 0 aromatic heterocycles. The highest BCUT2D eigenvalue weighted by Gasteiger charge is 2.49. The average molecular weight is 1180 g/mol. The van der Waals surface area contributed by atoms with Gasteiger partial charge in [0, 0.05) is 45.4 Å². The largest absolute Gasteiger partial charge is 0.508 e. The molecule has 83 heavy (non-hydrogen) atoms. The van der Waals surface area contributed by atoms with Crippen LogP contribution in [0.2, 0.25) is 0 Å². The number of carbonyl (C=O) groups excluding carboxylic acids is 7. The van der Waals surface area contributed by atoms with E-state index < -0.39 is 146 Å². The number of nitrogens with zero attached hydrogens (tertiary/aromatic N) is 2. The molecule has 27 nitrogen and oxygen atoms in total. The Morgan fingerprint density at radius 2 is 1.33 bits per heavy atom. The molecule has 0 saturated carbocycles. The Labute approximate surface area is 486 Å². The van der Waals surface area contributed by atoms with Crippen molar-refractivity contribution in [3.63, 3.8) is 0 Å². The van der Waals surface area contributed by atoms with Crippen LogP contribution in [0.4, 0.5) is 0 Å². The third kappa shape index (κ3) is 22.0. The maximum atomic E-state index is 14.7. The van der Waals surface area contributed by atoms with Crippen LogP contribution in [0, 0.1) is 11.8 Å². The number of unbranched alkanes of at least 4 members (excludes halogenated alkanes) is 5. The number of carbonyl (C=O) groups is 7. The first kappa shape index (κ1) is 70.3. The summed E-state index contributed by atoms with van der Waals surface area (Å²) in [4.78, 5) is 103. The molecule has 3 aliphatic heterocycles. The molecule has 0 bridgehead atoms. The van der Waals surface area contributed by atoms with Gasteiger partial charge in [0.25, 0.3) is 0 Å². The first-order valence-corrected chi connectivity index (χ1v) is 29.5. The number of phenols is 1. The SMILES string of the molecule is CCC(C)CC(C)CCCCCCCCC(=O)NC1C[C@@H](O)C(NCCOCCOCCN)NC(=O)C2[C@@H](O)CCN2C(=O)C([C@H](O)CCN)NC(=O)C([C@H](O)[C@@H](O)c2ccc(O)cc2)NC(=O)C2C[C@@H](O)CN2C(=O)C([C@@H](C)O)NC1=O. The van der Waals surface area contributed by atoms with Crippen molar-refractivity contribution in [1.29, 1.82) is 0 Å². The van der Waals surface area contributed by atoms with Crippen molar-refractivity contribution in [1.82, 2.24) is 41.7 Å². The molecular weight excluding hydrogens is 1080 g/mol. The standard InChI is InChI=1S/C56H96N10O17/c1-5-32(2)28-33(3)12-10-8-6-7-9-11-13-43(73)60-38-30-42(72)50(59-22-25-83-27-26-82-24-21-58)64-54(79)47-41(71)19-23-65(47)56(81)45(40(70)18-20-57)62-53(78)46(49(75)48(74)35-14-16-36(68)17-15-35)63-52(77)39-29-37(69)31-66(39)55(80)44(34(4)67)61-51(38)76/h14-17,32-34,37-42,44-50,59,67-72,74-75H,5-13,18-31,57-58H2,1-4H3,(H,60,73)(H,61,76)(H,62,78)(H,63,77)(H,64,79)/t32?,33?,34-,37-,38?,39?,40-,41+,42-,44?,45?,46?,47?,48+,49+,50?/m1/s1. The van der Waals surface area contributed by atoms with E-state index in [1.165, 1.54) is 30.7 Å². The molecule has 0 aliphatic carbocycles. The Kier molecular flexibility index (Phi) is 30.5. The summed E-state index contributed by atoms with van der Waals surface area (Å²) in [5, 5.41) is 105. The highest BCUT2D eigenvalue weighted by Crippen LogP contribution is 2.27. The minimum Gasteiger partial charge on any atom is -0.508 e. The van der Waals surface area contributed by atoms with Gasteiger partial charge >= 0.3 is 0 Å². The fourth-order valence-electron chi connectivity index (χ4n) is 10.7. The number of benzene rings is 1. The van der Waals surface area contributed by atoms with Crippen molar-refractivity contribution in [2.45, 2.75) is 203 Å². The first-order chi connectivity index (χ1) is 39.5. The van der Waals surface area contributed by atoms with Gasteiger partial charge in [-0.25, -0.2) is 0 Å². The van der Waals surface area contributed by atoms with Crippen LogP contribution in [-0.4, -0.2) is 230 Å². The number of hydrogen-bond acceptors (Lipinski definition) is 20. The van der Waals surface area contributed by atoms with Crippen molar-refractivity contribution in [3.05, 3.63) is 29.8 Å². The fourth-order valence-corrected chi connectivity index (χ4v) is 10.7. The lowest BCUT2D eigenvalue weighted by molar-refractivity contribution is -0.148. The van der Waals surface area contributed by atoms with Gasteiger partial charge in [-0.05, 0) is 68.7 Å². The van der Waals surface area contributed by atoms with Crippen LogP contribution in [0.3, 0.4) is 0 Å². The van der Waals surface area contributed by atoms with E-state index in [-0.39, 0.29) is 83.2 Å². The summed E-state index contributed by atoms with van der Waals surface area (Å²) in [5.74, 6) is -6.53. The Morgan fingerprint density at radius 3 is 1.98 bits per heavy atom. The van der Waals surface area contributed by atoms with Gasteiger partial charge in [-0.15, -0.1) is 0 Å². The number of nitrogens with two attached hydrogens (primary N) is 2. The molecule has 3 aliphatic rings. The summed E-state index contributed by atoms with van der Waals surface area (Å²) < 4.78 is 11.0. The van der Waals surface area contributed by atoms with E-state index in [1.807, 2.05) is 0 Å². The molecular formula is C56H96N10O17. The molecule has 1 aromatic carbocycles. The lowest BCUT2D eigenvalue weighted by Gasteiger charge is -2.35. The number of hydrogen-bond donors (Lipinski definition) is 16. The van der Waals surface area contributed by atoms with Crippen LogP contribution in [0.1, 0.15) is 129 Å². The second kappa shape index (κ2) is 36.0. The molecule has 4 rings (SSSR count). The number of aliphatic hydroxyl groups is 7. The van der Waals surface area contributed by atoms with Crippen molar-refractivity contribution in [2.24, 2.45) is 23.3 Å². The summed E-state index contributed by atoms with van der Waals surface area (Å²) in [6.07, 6.45) is -7.29. The summed E-state index contributed by atoms with van der Waals surface area (Å²) >= 11 is 0. The normalized spacial score (nSPS) is 27.4. The van der Waals surface area contributed by atoms with E-state index in [4.69, 9.17) is 20.9 Å². The molecule has 7 amide bonds. The lowest BCUT2D eigenvalue weighted by Crippen LogP contribution is -2.65. The van der Waals surface area contributed by atoms with E-state index >= 15 is 0 Å². The number of aromatic hydroxyl groups is 1. The highest BCUT2D eigenvalue weighted by molar-refractivity contribution is 5.98. The van der Waals surface area contributed by atoms with E-state index in [0.29, 0.717) is 24.7 Å². The van der Waals surface area contributed by atoms with Gasteiger partial charge in [-0.3, -0.25) is 38.9 Å². The number of fused-ring (bicyclic) bond motifs is 2. The number of phenolic OH excluding ortho intramolecular Hbond substituents is 1. The van der Waals surface area contributed by atoms with Gasteiger partial charge in [0.2, 0.25) is 41.4 Å². The molecule has 472 valence electrons. The maximum Gasteiger partial charge on any atom is 0.248 e. The minimum absolute atomic E-state index is 0.0243. The summed E-state index contributed by atoms with van der Waals surface area (Å²) in [5.41, 5.74) is 11.2. The van der Waals surface area contributed by atoms with Crippen LogP contribution in [0.5, 0.6) is 5.75 Å². The smallest absolute Gasteiger partial charge is 0.248 e. The van der Waals surface area contributed by atoms with E-state index in [1.54, 1.807) is 0 Å². The first-order valence-electron chi connectivity index (χ1n) is 29.5. The molecule has 9 unspecified atom stereocenters. The van der Waals surface area contributed by atoms with Crippen molar-refractivity contribution in [2.75, 3.05) is 59.2 Å². The van der Waals surface area contributed by atoms with Crippen LogP contribution in [-0.2, 0) is 43.0 Å². The van der Waals surface area contributed by atoms with Crippen LogP contribution in [0.15, 0.2) is 24.3 Å². The zero-order valence-corrected chi connectivity index (χ0v) is 48.6. The van der Waals surface area contributed by atoms with Gasteiger partial charge in [0.1, 0.15) is 60.4 Å². The third-order valence-corrected chi connectivity index (χ3v) is 15.6. The predicted octanol–water partition coefficient (Wildman–Crippen LogP) is -3.28. The van der Waals surface area contributed by atoms with Gasteiger partial charge < -0.3 is 98.2 Å². The highest BCUT2D eigenvalue weighted by atomic mass is 16.5. The molecule has 16 atom stereocenters. The van der Waals surface area contributed by atoms with Crippen molar-refractivity contribution in [3.8, 4) is 5.75 Å². The quantitative estimate of drug-likeness (QED) is 0.0350. The van der Waals surface area contributed by atoms with Crippen LogP contribution in [0.25, 0.3) is 0 Å². The summed E-state index contributed by atoms with van der Waals surface area (Å²) in [6.45, 7) is 7.58. The molecule has 1 aromatic rings. The summed E-state index contributed by atoms with van der Waals surface area (Å²) in [6, 6.07) is -6.53. The summed E-state index contributed by atoms with van der Waals surface area (Å²) in [7, 11) is 0. The number of amides is 7. The topological polar surface area (TPSA) is 430 Å². The van der Waals surface area contributed by atoms with E-state index in [2.05, 4.69) is 52.7 Å². The van der Waals surface area contributed by atoms with Gasteiger partial charge in [0.15, 0.2) is 0 Å². The number of ether oxygens (including phenoxy) is 2. The molecule has 3 heterocycles. The second-order valence-corrected chi connectivity index (χ2v) is 22.5. The predicted molar refractivity (Wildman–Crippen MR) is 302 cm³/mol. The molecule has 0 spiro atoms. The fraction of sp³-hybridized carbons (Fsp3) is 0.768. The zero-order valence-electron chi connectivity index (χ0n) is 48.6. The Balaban J connectivity index is 1.75. The van der Waals surface area contributed by atoms with Gasteiger partial charge in [-0.2, -0.15) is 0 Å². The minimum atomic E-state index is -2.29. The van der Waals surface area contributed by atoms with Crippen LogP contribution >= 0.6 is 0 Å². The van der Waals surface area contributed by atoms with Crippen LogP contribution < -0.4 is 43.4 Å². The van der Waals surface area contributed by atoms with Crippen molar-refractivity contribution < 1.29 is 83.9 Å².